The van der Waals surface area contributed by atoms with Crippen molar-refractivity contribution in [3.63, 3.8) is 0 Å². The number of nitrogens with one attached hydrogen (secondary N) is 2. The van der Waals surface area contributed by atoms with Gasteiger partial charge in [0, 0.05) is 30.2 Å². The first-order valence-corrected chi connectivity index (χ1v) is 8.99. The second-order valence-corrected chi connectivity index (χ2v) is 6.87. The number of rotatable bonds is 4. The largest absolute Gasteiger partial charge is 0.322 e. The van der Waals surface area contributed by atoms with Crippen molar-refractivity contribution in [3.05, 3.63) is 52.1 Å². The van der Waals surface area contributed by atoms with Crippen LogP contribution in [-0.4, -0.2) is 34.1 Å². The van der Waals surface area contributed by atoms with E-state index in [4.69, 9.17) is 23.2 Å². The van der Waals surface area contributed by atoms with Crippen LogP contribution >= 0.6 is 35.0 Å². The van der Waals surface area contributed by atoms with Crippen molar-refractivity contribution in [1.82, 2.24) is 4.98 Å². The van der Waals surface area contributed by atoms with E-state index < -0.39 is 5.91 Å². The van der Waals surface area contributed by atoms with Gasteiger partial charge in [-0.2, -0.15) is 0 Å². The quantitative estimate of drug-likeness (QED) is 0.827. The summed E-state index contributed by atoms with van der Waals surface area (Å²) in [5.41, 5.74) is 0.636. The fourth-order valence-corrected chi connectivity index (χ4v) is 3.44. The maximum absolute atomic E-state index is 12.4. The van der Waals surface area contributed by atoms with Gasteiger partial charge in [0.1, 0.15) is 5.82 Å². The zero-order valence-electron chi connectivity index (χ0n) is 12.8. The van der Waals surface area contributed by atoms with E-state index in [0.717, 1.165) is 5.75 Å². The lowest BCUT2D eigenvalue weighted by Crippen LogP contribution is -2.20. The number of carbonyl (C=O) groups is 2. The Morgan fingerprint density at radius 2 is 1.84 bits per heavy atom. The second-order valence-electron chi connectivity index (χ2n) is 4.97. The number of anilines is 2. The van der Waals surface area contributed by atoms with Gasteiger partial charge in [-0.3, -0.25) is 14.6 Å². The molecule has 1 aliphatic heterocycles. The van der Waals surface area contributed by atoms with Crippen molar-refractivity contribution in [2.24, 2.45) is 4.99 Å². The number of hydrogen-bond acceptors (Lipinski definition) is 5. The van der Waals surface area contributed by atoms with Crippen molar-refractivity contribution in [1.29, 1.82) is 0 Å². The van der Waals surface area contributed by atoms with E-state index in [1.807, 2.05) is 0 Å². The standard InChI is InChI=1S/C16H12Cl2N4O2S/c17-10-2-1-3-11(18)13(10)14(23)21-9-4-5-19-12(8-9)22-15(24)16-20-6-7-25-16/h1-5,8H,6-7H2,(H2,19,21,22,23,24). The summed E-state index contributed by atoms with van der Waals surface area (Å²) >= 11 is 13.5. The molecule has 0 atom stereocenters. The normalized spacial score (nSPS) is 13.3. The zero-order valence-corrected chi connectivity index (χ0v) is 15.1. The number of nitrogens with zero attached hydrogens (tertiary/aromatic N) is 2. The Labute approximate surface area is 158 Å². The predicted octanol–water partition coefficient (Wildman–Crippen LogP) is 3.72. The van der Waals surface area contributed by atoms with Gasteiger partial charge in [-0.15, -0.1) is 0 Å². The molecule has 0 saturated carbocycles. The third-order valence-electron chi connectivity index (χ3n) is 3.23. The highest BCUT2D eigenvalue weighted by Gasteiger charge is 2.18. The first-order chi connectivity index (χ1) is 12.0. The first kappa shape index (κ1) is 17.7. The molecular weight excluding hydrogens is 383 g/mol. The van der Waals surface area contributed by atoms with Gasteiger partial charge in [0.2, 0.25) is 0 Å². The molecule has 3 rings (SSSR count). The van der Waals surface area contributed by atoms with E-state index in [1.165, 1.54) is 18.0 Å². The number of halogens is 2. The van der Waals surface area contributed by atoms with Gasteiger partial charge in [-0.1, -0.05) is 41.0 Å². The van der Waals surface area contributed by atoms with Crippen LogP contribution < -0.4 is 10.6 Å². The minimum atomic E-state index is -0.449. The molecule has 2 heterocycles. The number of hydrogen-bond donors (Lipinski definition) is 2. The molecule has 0 saturated heterocycles. The molecule has 1 aromatic carbocycles. The third-order valence-corrected chi connectivity index (χ3v) is 4.83. The van der Waals surface area contributed by atoms with Crippen molar-refractivity contribution >= 4 is 63.3 Å². The molecular formula is C16H12Cl2N4O2S. The second kappa shape index (κ2) is 7.86. The van der Waals surface area contributed by atoms with E-state index in [9.17, 15) is 9.59 Å². The Morgan fingerprint density at radius 3 is 2.52 bits per heavy atom. The fourth-order valence-electron chi connectivity index (χ4n) is 2.13. The van der Waals surface area contributed by atoms with Crippen LogP contribution in [0.25, 0.3) is 0 Å². The Morgan fingerprint density at radius 1 is 1.08 bits per heavy atom. The number of aliphatic imine (C=N–C) groups is 1. The van der Waals surface area contributed by atoms with Gasteiger partial charge in [0.05, 0.1) is 15.6 Å². The molecule has 2 N–H and O–H groups in total. The molecule has 0 fully saturated rings. The molecule has 0 bridgehead atoms. The molecule has 9 heteroatoms. The van der Waals surface area contributed by atoms with Crippen LogP contribution in [0.5, 0.6) is 0 Å². The number of thioether (sulfide) groups is 1. The summed E-state index contributed by atoms with van der Waals surface area (Å²) < 4.78 is 0. The lowest BCUT2D eigenvalue weighted by molar-refractivity contribution is -0.110. The number of pyridine rings is 1. The summed E-state index contributed by atoms with van der Waals surface area (Å²) in [6.45, 7) is 0.634. The van der Waals surface area contributed by atoms with Crippen molar-refractivity contribution in [3.8, 4) is 0 Å². The van der Waals surface area contributed by atoms with Crippen LogP contribution in [0.1, 0.15) is 10.4 Å². The maximum atomic E-state index is 12.4. The highest BCUT2D eigenvalue weighted by Crippen LogP contribution is 2.25. The number of benzene rings is 1. The van der Waals surface area contributed by atoms with Gasteiger partial charge in [-0.05, 0) is 18.2 Å². The van der Waals surface area contributed by atoms with Crippen LogP contribution in [0, 0.1) is 0 Å². The first-order valence-electron chi connectivity index (χ1n) is 7.24. The van der Waals surface area contributed by atoms with Crippen LogP contribution in [0.2, 0.25) is 10.0 Å². The molecule has 1 aliphatic rings. The Balaban J connectivity index is 1.73. The lowest BCUT2D eigenvalue weighted by Gasteiger charge is -2.10. The van der Waals surface area contributed by atoms with E-state index >= 15 is 0 Å². The molecule has 0 aliphatic carbocycles. The van der Waals surface area contributed by atoms with E-state index in [0.29, 0.717) is 23.1 Å². The van der Waals surface area contributed by atoms with Crippen LogP contribution in [0.15, 0.2) is 41.5 Å². The van der Waals surface area contributed by atoms with Crippen LogP contribution in [0.3, 0.4) is 0 Å². The summed E-state index contributed by atoms with van der Waals surface area (Å²) in [5, 5.41) is 6.28. The van der Waals surface area contributed by atoms with Crippen molar-refractivity contribution in [2.75, 3.05) is 22.9 Å². The zero-order chi connectivity index (χ0) is 17.8. The molecule has 1 aromatic heterocycles. The molecule has 0 spiro atoms. The van der Waals surface area contributed by atoms with Gasteiger partial charge < -0.3 is 10.6 Å². The Hall–Kier alpha value is -2.09. The maximum Gasteiger partial charge on any atom is 0.281 e. The van der Waals surface area contributed by atoms with E-state index in [-0.39, 0.29) is 21.5 Å². The predicted molar refractivity (Wildman–Crippen MR) is 102 cm³/mol. The highest BCUT2D eigenvalue weighted by atomic mass is 35.5. The minimum Gasteiger partial charge on any atom is -0.322 e. The number of amides is 2. The summed E-state index contributed by atoms with van der Waals surface area (Å²) in [6.07, 6.45) is 1.48. The van der Waals surface area contributed by atoms with Gasteiger partial charge >= 0.3 is 0 Å². The Bertz CT molecular complexity index is 853. The average Bonchev–Trinajstić information content (AvgIpc) is 3.09. The van der Waals surface area contributed by atoms with E-state index in [2.05, 4.69) is 20.6 Å². The summed E-state index contributed by atoms with van der Waals surface area (Å²) in [7, 11) is 0. The molecule has 0 radical (unpaired) electrons. The van der Waals surface area contributed by atoms with Gasteiger partial charge in [0.15, 0.2) is 5.04 Å². The van der Waals surface area contributed by atoms with Crippen LogP contribution in [0.4, 0.5) is 11.5 Å². The monoisotopic (exact) mass is 394 g/mol. The van der Waals surface area contributed by atoms with Gasteiger partial charge in [0.25, 0.3) is 11.8 Å². The van der Waals surface area contributed by atoms with Crippen molar-refractivity contribution in [2.45, 2.75) is 0 Å². The Kier molecular flexibility index (Phi) is 5.57. The summed E-state index contributed by atoms with van der Waals surface area (Å²) in [5.74, 6) is 0.343. The minimum absolute atomic E-state index is 0.185. The van der Waals surface area contributed by atoms with Crippen LogP contribution in [-0.2, 0) is 4.79 Å². The molecule has 6 nitrogen and oxygen atoms in total. The highest BCUT2D eigenvalue weighted by molar-refractivity contribution is 8.16. The molecule has 2 aromatic rings. The topological polar surface area (TPSA) is 83.5 Å². The van der Waals surface area contributed by atoms with Crippen molar-refractivity contribution < 1.29 is 9.59 Å². The smallest absolute Gasteiger partial charge is 0.281 e. The number of aromatic nitrogens is 1. The molecule has 2 amide bonds. The lowest BCUT2D eigenvalue weighted by atomic mass is 10.2. The average molecular weight is 395 g/mol. The molecule has 25 heavy (non-hydrogen) atoms. The summed E-state index contributed by atoms with van der Waals surface area (Å²) in [6, 6.07) is 7.97. The molecule has 0 unspecified atom stereocenters. The molecule has 128 valence electrons. The fraction of sp³-hybridized carbons (Fsp3) is 0.125. The number of carbonyl (C=O) groups excluding carboxylic acids is 2. The van der Waals surface area contributed by atoms with Gasteiger partial charge in [-0.25, -0.2) is 4.98 Å². The van der Waals surface area contributed by atoms with E-state index in [1.54, 1.807) is 30.3 Å². The SMILES string of the molecule is O=C(Nc1cc(NC(=O)c2c(Cl)cccc2Cl)ccn1)C1=NCCS1. The summed E-state index contributed by atoms with van der Waals surface area (Å²) in [4.78, 5) is 32.6. The third kappa shape index (κ3) is 4.31.